The van der Waals surface area contributed by atoms with Crippen molar-refractivity contribution in [2.45, 2.75) is 6.54 Å². The molecule has 0 atom stereocenters. The van der Waals surface area contributed by atoms with E-state index in [1.54, 1.807) is 12.4 Å². The molecule has 2 rings (SSSR count). The summed E-state index contributed by atoms with van der Waals surface area (Å²) >= 11 is 0. The molecule has 0 unspecified atom stereocenters. The molecule has 0 aliphatic heterocycles. The van der Waals surface area contributed by atoms with E-state index in [-0.39, 0.29) is 0 Å². The summed E-state index contributed by atoms with van der Waals surface area (Å²) in [7, 11) is 0. The van der Waals surface area contributed by atoms with Crippen molar-refractivity contribution in [1.82, 2.24) is 15.0 Å². The van der Waals surface area contributed by atoms with E-state index in [1.807, 2.05) is 18.5 Å². The number of rotatable bonds is 3. The minimum absolute atomic E-state index is 0.789. The zero-order valence-corrected chi connectivity index (χ0v) is 7.07. The Labute approximate surface area is 76.1 Å². The first-order valence-electron chi connectivity index (χ1n) is 4.06. The van der Waals surface area contributed by atoms with E-state index in [0.717, 1.165) is 12.2 Å². The highest BCUT2D eigenvalue weighted by atomic mass is 14.9. The minimum atomic E-state index is 0.789. The van der Waals surface area contributed by atoms with E-state index < -0.39 is 0 Å². The fraction of sp³-hybridized carbons (Fsp3) is 0.111. The van der Waals surface area contributed by atoms with Crippen molar-refractivity contribution in [3.63, 3.8) is 0 Å². The van der Waals surface area contributed by atoms with Crippen LogP contribution in [0.25, 0.3) is 0 Å². The van der Waals surface area contributed by atoms with Gasteiger partial charge in [0.25, 0.3) is 0 Å². The van der Waals surface area contributed by atoms with Crippen LogP contribution in [-0.4, -0.2) is 15.0 Å². The number of nitrogens with one attached hydrogen (secondary N) is 2. The number of nitrogens with zero attached hydrogens (tertiary/aromatic N) is 2. The van der Waals surface area contributed by atoms with Crippen molar-refractivity contribution in [3.8, 4) is 0 Å². The van der Waals surface area contributed by atoms with E-state index in [4.69, 9.17) is 0 Å². The van der Waals surface area contributed by atoms with Crippen LogP contribution in [0.2, 0.25) is 0 Å². The monoisotopic (exact) mass is 174 g/mol. The lowest BCUT2D eigenvalue weighted by Gasteiger charge is -2.02. The first-order chi connectivity index (χ1) is 6.45. The van der Waals surface area contributed by atoms with Crippen molar-refractivity contribution in [3.05, 3.63) is 42.7 Å². The van der Waals surface area contributed by atoms with Gasteiger partial charge in [-0.3, -0.25) is 0 Å². The molecule has 4 heteroatoms. The molecule has 66 valence electrons. The van der Waals surface area contributed by atoms with Gasteiger partial charge in [0, 0.05) is 18.9 Å². The molecule has 0 aromatic carbocycles. The fourth-order valence-corrected chi connectivity index (χ4v) is 1.06. The highest BCUT2D eigenvalue weighted by molar-refractivity contribution is 5.37. The van der Waals surface area contributed by atoms with Gasteiger partial charge in [0.05, 0.1) is 18.1 Å². The van der Waals surface area contributed by atoms with Gasteiger partial charge in [0.1, 0.15) is 6.33 Å². The number of hydrogen-bond acceptors (Lipinski definition) is 3. The molecule has 0 spiro atoms. The SMILES string of the molecule is c1ncc(NCc2cc[nH]c2)cn1. The molecule has 0 saturated carbocycles. The Morgan fingerprint density at radius 3 is 2.85 bits per heavy atom. The molecule has 0 aliphatic rings. The zero-order valence-electron chi connectivity index (χ0n) is 7.07. The van der Waals surface area contributed by atoms with Gasteiger partial charge in [-0.25, -0.2) is 9.97 Å². The normalized spacial score (nSPS) is 9.85. The second-order valence-corrected chi connectivity index (χ2v) is 2.70. The Bertz CT molecular complexity index is 341. The van der Waals surface area contributed by atoms with Gasteiger partial charge in [-0.1, -0.05) is 0 Å². The zero-order chi connectivity index (χ0) is 8.93. The summed E-state index contributed by atoms with van der Waals surface area (Å²) in [6, 6.07) is 2.02. The average Bonchev–Trinajstić information content (AvgIpc) is 2.69. The van der Waals surface area contributed by atoms with Crippen molar-refractivity contribution in [2.75, 3.05) is 5.32 Å². The number of H-pyrrole nitrogens is 1. The molecule has 2 aromatic heterocycles. The Morgan fingerprint density at radius 2 is 2.15 bits per heavy atom. The Balaban J connectivity index is 1.94. The minimum Gasteiger partial charge on any atom is -0.378 e. The van der Waals surface area contributed by atoms with Crippen LogP contribution in [0.3, 0.4) is 0 Å². The molecular weight excluding hydrogens is 164 g/mol. The molecule has 2 heterocycles. The molecule has 0 bridgehead atoms. The summed E-state index contributed by atoms with van der Waals surface area (Å²) in [6.45, 7) is 0.789. The molecule has 0 fully saturated rings. The second kappa shape index (κ2) is 3.71. The molecule has 4 nitrogen and oxygen atoms in total. The summed E-state index contributed by atoms with van der Waals surface area (Å²) in [6.07, 6.45) is 8.87. The maximum atomic E-state index is 3.90. The van der Waals surface area contributed by atoms with Crippen LogP contribution >= 0.6 is 0 Å². The first-order valence-corrected chi connectivity index (χ1v) is 4.06. The lowest BCUT2D eigenvalue weighted by atomic mass is 10.3. The molecule has 2 N–H and O–H groups in total. The number of aromatic amines is 1. The molecule has 2 aromatic rings. The van der Waals surface area contributed by atoms with Gasteiger partial charge in [0.2, 0.25) is 0 Å². The lowest BCUT2D eigenvalue weighted by Crippen LogP contribution is -1.98. The fourth-order valence-electron chi connectivity index (χ4n) is 1.06. The summed E-state index contributed by atoms with van der Waals surface area (Å²) in [4.78, 5) is 10.8. The summed E-state index contributed by atoms with van der Waals surface area (Å²) in [5.41, 5.74) is 2.15. The van der Waals surface area contributed by atoms with Crippen molar-refractivity contribution in [1.29, 1.82) is 0 Å². The summed E-state index contributed by atoms with van der Waals surface area (Å²) < 4.78 is 0. The van der Waals surface area contributed by atoms with Crippen molar-refractivity contribution >= 4 is 5.69 Å². The Hall–Kier alpha value is -1.84. The Kier molecular flexibility index (Phi) is 2.22. The van der Waals surface area contributed by atoms with Crippen LogP contribution in [0.15, 0.2) is 37.2 Å². The lowest BCUT2D eigenvalue weighted by molar-refractivity contribution is 1.10. The number of aromatic nitrogens is 3. The van der Waals surface area contributed by atoms with Crippen molar-refractivity contribution in [2.24, 2.45) is 0 Å². The molecular formula is C9H10N4. The van der Waals surface area contributed by atoms with Gasteiger partial charge < -0.3 is 10.3 Å². The second-order valence-electron chi connectivity index (χ2n) is 2.70. The quantitative estimate of drug-likeness (QED) is 0.739. The predicted molar refractivity (Wildman–Crippen MR) is 50.2 cm³/mol. The van der Waals surface area contributed by atoms with E-state index in [0.29, 0.717) is 0 Å². The molecule has 0 radical (unpaired) electrons. The van der Waals surface area contributed by atoms with Crippen molar-refractivity contribution < 1.29 is 0 Å². The maximum Gasteiger partial charge on any atom is 0.115 e. The maximum absolute atomic E-state index is 3.90. The average molecular weight is 174 g/mol. The van der Waals surface area contributed by atoms with Gasteiger partial charge in [-0.05, 0) is 11.6 Å². The topological polar surface area (TPSA) is 53.6 Å². The molecule has 0 saturated heterocycles. The third kappa shape index (κ3) is 2.05. The van der Waals surface area contributed by atoms with Gasteiger partial charge in [-0.2, -0.15) is 0 Å². The summed E-state index contributed by atoms with van der Waals surface area (Å²) in [5.74, 6) is 0. The molecule has 0 aliphatic carbocycles. The van der Waals surface area contributed by atoms with Gasteiger partial charge in [0.15, 0.2) is 0 Å². The Morgan fingerprint density at radius 1 is 1.31 bits per heavy atom. The predicted octanol–water partition coefficient (Wildman–Crippen LogP) is 1.42. The smallest absolute Gasteiger partial charge is 0.115 e. The highest BCUT2D eigenvalue weighted by Crippen LogP contribution is 2.04. The van der Waals surface area contributed by atoms with E-state index in [2.05, 4.69) is 20.3 Å². The summed E-state index contributed by atoms with van der Waals surface area (Å²) in [5, 5.41) is 3.20. The van der Waals surface area contributed by atoms with E-state index >= 15 is 0 Å². The third-order valence-electron chi connectivity index (χ3n) is 1.72. The number of anilines is 1. The first kappa shape index (κ1) is 7.79. The number of hydrogen-bond donors (Lipinski definition) is 2. The van der Waals surface area contributed by atoms with E-state index in [9.17, 15) is 0 Å². The molecule has 0 amide bonds. The van der Waals surface area contributed by atoms with E-state index in [1.165, 1.54) is 11.9 Å². The van der Waals surface area contributed by atoms with Gasteiger partial charge >= 0.3 is 0 Å². The third-order valence-corrected chi connectivity index (χ3v) is 1.72. The van der Waals surface area contributed by atoms with Crippen LogP contribution in [0.5, 0.6) is 0 Å². The van der Waals surface area contributed by atoms with Crippen LogP contribution in [0.1, 0.15) is 5.56 Å². The van der Waals surface area contributed by atoms with Crippen LogP contribution in [0, 0.1) is 0 Å². The van der Waals surface area contributed by atoms with Crippen LogP contribution in [-0.2, 0) is 6.54 Å². The standard InChI is InChI=1S/C9H10N4/c1-2-10-3-8(1)4-13-9-5-11-7-12-6-9/h1-3,5-7,10,13H,4H2. The molecule has 13 heavy (non-hydrogen) atoms. The highest BCUT2D eigenvalue weighted by Gasteiger charge is 1.92. The van der Waals surface area contributed by atoms with Crippen LogP contribution < -0.4 is 5.32 Å². The van der Waals surface area contributed by atoms with Gasteiger partial charge in [-0.15, -0.1) is 0 Å². The van der Waals surface area contributed by atoms with Crippen LogP contribution in [0.4, 0.5) is 5.69 Å². The largest absolute Gasteiger partial charge is 0.378 e.